The van der Waals surface area contributed by atoms with E-state index in [9.17, 15) is 5.11 Å². The van der Waals surface area contributed by atoms with Gasteiger partial charge >= 0.3 is 0 Å². The van der Waals surface area contributed by atoms with Gasteiger partial charge in [0, 0.05) is 33.5 Å². The highest BCUT2D eigenvalue weighted by Crippen LogP contribution is 2.46. The summed E-state index contributed by atoms with van der Waals surface area (Å²) < 4.78 is 11.2. The fourth-order valence-electron chi connectivity index (χ4n) is 9.78. The molecule has 0 radical (unpaired) electrons. The minimum absolute atomic E-state index is 0.00212. The number of nitrogens with zero attached hydrogens (tertiary/aromatic N) is 4. The number of furan rings is 1. The Balaban J connectivity index is 1.17. The van der Waals surface area contributed by atoms with Gasteiger partial charge in [0.1, 0.15) is 22.7 Å². The lowest BCUT2D eigenvalue weighted by molar-refractivity contribution is 0.477. The Labute approximate surface area is 358 Å². The van der Waals surface area contributed by atoms with E-state index in [4.69, 9.17) is 14.4 Å². The number of phenolic OH excluding ortho intramolecular Hbond substituents is 1. The third kappa shape index (κ3) is 5.22. The zero-order chi connectivity index (χ0) is 42.2. The molecule has 62 heavy (non-hydrogen) atoms. The molecule has 5 aromatic heterocycles. The molecular weight excluding hydrogens is 761 g/mol. The van der Waals surface area contributed by atoms with Crippen molar-refractivity contribution in [3.8, 4) is 45.1 Å². The number of aromatic hydroxyl groups is 1. The first kappa shape index (κ1) is 36.4. The van der Waals surface area contributed by atoms with Gasteiger partial charge in [-0.05, 0) is 106 Å². The Hall–Kier alpha value is -7.44. The van der Waals surface area contributed by atoms with Crippen LogP contribution >= 0.6 is 0 Å². The molecule has 0 aliphatic carbocycles. The Bertz CT molecular complexity index is 3780. The highest BCUT2D eigenvalue weighted by atomic mass is 16.3. The molecule has 0 aliphatic rings. The van der Waals surface area contributed by atoms with Crippen molar-refractivity contribution >= 4 is 71.2 Å². The zero-order valence-electron chi connectivity index (χ0n) is 35.6. The van der Waals surface area contributed by atoms with Crippen LogP contribution in [0.2, 0.25) is 0 Å². The first-order valence-electron chi connectivity index (χ1n) is 21.4. The van der Waals surface area contributed by atoms with E-state index in [2.05, 4.69) is 166 Å². The molecule has 0 atom stereocenters. The Morgan fingerprint density at radius 2 is 1.23 bits per heavy atom. The molecule has 0 spiro atoms. The van der Waals surface area contributed by atoms with Gasteiger partial charge in [0.15, 0.2) is 0 Å². The van der Waals surface area contributed by atoms with Crippen LogP contribution in [0.15, 0.2) is 156 Å². The number of hydrogen-bond donors (Lipinski definition) is 1. The molecule has 0 amide bonds. The van der Waals surface area contributed by atoms with Crippen LogP contribution in [0, 0.1) is 0 Å². The highest BCUT2D eigenvalue weighted by Gasteiger charge is 2.26. The lowest BCUT2D eigenvalue weighted by Gasteiger charge is -2.23. The number of pyridine rings is 1. The molecule has 0 bridgehead atoms. The average molecular weight is 805 g/mol. The summed E-state index contributed by atoms with van der Waals surface area (Å²) in [6, 6.07) is 51.2. The van der Waals surface area contributed by atoms with Crippen LogP contribution in [0.1, 0.15) is 52.7 Å². The molecule has 5 heterocycles. The number of aromatic nitrogens is 4. The van der Waals surface area contributed by atoms with Gasteiger partial charge in [-0.15, -0.1) is 0 Å². The number of hydrogen-bond acceptors (Lipinski definition) is 4. The van der Waals surface area contributed by atoms with Crippen molar-refractivity contribution in [3.05, 3.63) is 163 Å². The van der Waals surface area contributed by atoms with Crippen molar-refractivity contribution < 1.29 is 9.52 Å². The second-order valence-electron chi connectivity index (χ2n) is 18.8. The van der Waals surface area contributed by atoms with Crippen molar-refractivity contribution in [1.82, 2.24) is 18.9 Å². The van der Waals surface area contributed by atoms with Gasteiger partial charge in [-0.2, -0.15) is 0 Å². The molecule has 0 fully saturated rings. The number of phenols is 1. The normalized spacial score (nSPS) is 12.7. The van der Waals surface area contributed by atoms with Gasteiger partial charge in [-0.1, -0.05) is 114 Å². The third-order valence-electron chi connectivity index (χ3n) is 13.0. The highest BCUT2D eigenvalue weighted by molar-refractivity contribution is 6.31. The van der Waals surface area contributed by atoms with Crippen molar-refractivity contribution in [2.45, 2.75) is 52.4 Å². The van der Waals surface area contributed by atoms with E-state index >= 15 is 0 Å². The SMILES string of the molecule is CC(C)(C)c1ccc(-n2c(-c3ccccc3O)nc3c(-c4ccc5c(c4)c4nccc6oc7ccc8c9cc(C(C)(C)C)ccc9n5c8c7c64)cccc32)c(-c2ccccc2)c1. The predicted molar refractivity (Wildman–Crippen MR) is 256 cm³/mol. The first-order valence-corrected chi connectivity index (χ1v) is 21.4. The van der Waals surface area contributed by atoms with Crippen LogP contribution in [-0.2, 0) is 10.8 Å². The van der Waals surface area contributed by atoms with Crippen LogP contribution in [0.3, 0.4) is 0 Å². The van der Waals surface area contributed by atoms with E-state index < -0.39 is 0 Å². The van der Waals surface area contributed by atoms with Crippen LogP contribution in [0.4, 0.5) is 0 Å². The van der Waals surface area contributed by atoms with Gasteiger partial charge in [0.2, 0.25) is 0 Å². The minimum Gasteiger partial charge on any atom is -0.507 e. The molecule has 0 unspecified atom stereocenters. The number of para-hydroxylation sites is 2. The second-order valence-corrected chi connectivity index (χ2v) is 18.8. The van der Waals surface area contributed by atoms with Crippen LogP contribution in [-0.4, -0.2) is 24.0 Å². The maximum Gasteiger partial charge on any atom is 0.149 e. The smallest absolute Gasteiger partial charge is 0.149 e. The lowest BCUT2D eigenvalue weighted by Crippen LogP contribution is -2.12. The van der Waals surface area contributed by atoms with Crippen LogP contribution in [0.25, 0.3) is 111 Å². The summed E-state index contributed by atoms with van der Waals surface area (Å²) in [6.45, 7) is 13.6. The zero-order valence-corrected chi connectivity index (χ0v) is 35.6. The van der Waals surface area contributed by atoms with Gasteiger partial charge in [0.25, 0.3) is 0 Å². The van der Waals surface area contributed by atoms with Crippen molar-refractivity contribution in [2.75, 3.05) is 0 Å². The van der Waals surface area contributed by atoms with E-state index in [0.717, 1.165) is 88.4 Å². The average Bonchev–Trinajstić information content (AvgIpc) is 3.92. The van der Waals surface area contributed by atoms with Crippen LogP contribution in [0.5, 0.6) is 5.75 Å². The molecule has 6 heteroatoms. The standard InChI is InChI=1S/C56H44N4O2/c1-55(2,3)34-20-24-42(39(30-34)32-13-8-7-9-14-32)60-45-17-12-16-36(51(45)58-54(60)38-15-10-11-18-46(38)61)33-19-23-44-41(29-33)52-49-48(27-28-57-52)62-47-26-22-37-40-31-35(56(4,5)6)21-25-43(40)59(44)53(37)50(47)49/h7-31,61H,1-6H3. The largest absolute Gasteiger partial charge is 0.507 e. The quantitative estimate of drug-likeness (QED) is 0.192. The third-order valence-corrected chi connectivity index (χ3v) is 13.0. The minimum atomic E-state index is -0.0606. The van der Waals surface area contributed by atoms with E-state index in [0.29, 0.717) is 11.4 Å². The van der Waals surface area contributed by atoms with Gasteiger partial charge in [-0.3, -0.25) is 9.55 Å². The van der Waals surface area contributed by atoms with E-state index in [-0.39, 0.29) is 16.6 Å². The molecule has 12 aromatic rings. The molecule has 1 N–H and O–H groups in total. The predicted octanol–water partition coefficient (Wildman–Crippen LogP) is 14.8. The van der Waals surface area contributed by atoms with E-state index in [1.807, 2.05) is 30.5 Å². The Morgan fingerprint density at radius 3 is 2.03 bits per heavy atom. The van der Waals surface area contributed by atoms with Gasteiger partial charge in [0.05, 0.1) is 55.1 Å². The number of benzene rings is 7. The molecular formula is C56H44N4O2. The summed E-state index contributed by atoms with van der Waals surface area (Å²) in [5, 5.41) is 17.0. The lowest BCUT2D eigenvalue weighted by atomic mass is 9.85. The summed E-state index contributed by atoms with van der Waals surface area (Å²) in [6.07, 6.45) is 1.86. The summed E-state index contributed by atoms with van der Waals surface area (Å²) in [4.78, 5) is 10.6. The summed E-state index contributed by atoms with van der Waals surface area (Å²) in [7, 11) is 0. The monoisotopic (exact) mass is 804 g/mol. The Morgan fingerprint density at radius 1 is 0.516 bits per heavy atom. The van der Waals surface area contributed by atoms with Crippen LogP contribution < -0.4 is 0 Å². The molecule has 0 saturated carbocycles. The topological polar surface area (TPSA) is 68.5 Å². The fourth-order valence-corrected chi connectivity index (χ4v) is 9.78. The maximum absolute atomic E-state index is 11.4. The number of fused-ring (bicyclic) bond motifs is 7. The maximum atomic E-state index is 11.4. The number of imidazole rings is 1. The summed E-state index contributed by atoms with van der Waals surface area (Å²) in [5.74, 6) is 0.841. The molecule has 0 aliphatic heterocycles. The number of rotatable bonds is 4. The summed E-state index contributed by atoms with van der Waals surface area (Å²) in [5.41, 5.74) is 16.0. The van der Waals surface area contributed by atoms with E-state index in [1.54, 1.807) is 6.07 Å². The van der Waals surface area contributed by atoms with Crippen molar-refractivity contribution in [2.24, 2.45) is 0 Å². The van der Waals surface area contributed by atoms with Gasteiger partial charge < -0.3 is 13.9 Å². The molecule has 0 saturated heterocycles. The fraction of sp³-hybridized carbons (Fsp3) is 0.143. The van der Waals surface area contributed by atoms with Crippen molar-refractivity contribution in [3.63, 3.8) is 0 Å². The molecule has 300 valence electrons. The molecule has 12 rings (SSSR count). The summed E-state index contributed by atoms with van der Waals surface area (Å²) >= 11 is 0. The second kappa shape index (κ2) is 12.8. The first-order chi connectivity index (χ1) is 29.9. The van der Waals surface area contributed by atoms with Gasteiger partial charge in [-0.25, -0.2) is 4.98 Å². The molecule has 7 aromatic carbocycles. The van der Waals surface area contributed by atoms with Crippen molar-refractivity contribution in [1.29, 1.82) is 0 Å². The van der Waals surface area contributed by atoms with E-state index in [1.165, 1.54) is 21.9 Å². The molecule has 6 nitrogen and oxygen atoms in total. The Kier molecular flexibility index (Phi) is 7.51.